The van der Waals surface area contributed by atoms with Gasteiger partial charge in [0, 0.05) is 18.0 Å². The van der Waals surface area contributed by atoms with E-state index in [0.717, 1.165) is 6.07 Å². The van der Waals surface area contributed by atoms with Crippen molar-refractivity contribution in [1.29, 1.82) is 0 Å². The molecule has 0 bridgehead atoms. The second-order valence-corrected chi connectivity index (χ2v) is 2.49. The van der Waals surface area contributed by atoms with Crippen LogP contribution in [0, 0.1) is 0 Å². The molecule has 0 spiro atoms. The molecular formula is C8H7O5-. The van der Waals surface area contributed by atoms with E-state index in [1.807, 2.05) is 0 Å². The third-order valence-corrected chi connectivity index (χ3v) is 1.55. The van der Waals surface area contributed by atoms with Crippen molar-refractivity contribution in [1.82, 2.24) is 0 Å². The number of hydrogen-bond acceptors (Lipinski definition) is 5. The van der Waals surface area contributed by atoms with Gasteiger partial charge in [-0.3, -0.25) is 0 Å². The van der Waals surface area contributed by atoms with E-state index in [1.165, 1.54) is 6.07 Å². The van der Waals surface area contributed by atoms with Crippen LogP contribution < -0.4 is 5.11 Å². The zero-order valence-corrected chi connectivity index (χ0v) is 6.52. The van der Waals surface area contributed by atoms with Crippen LogP contribution in [0.1, 0.15) is 5.56 Å². The maximum absolute atomic E-state index is 10.2. The summed E-state index contributed by atoms with van der Waals surface area (Å²) in [4.78, 5) is 10.2. The standard InChI is InChI=1S/C8H8O5/c9-5-2-1-4(3-6(10)11)7(12)8(5)13/h1-2,9,12-13H,3H2,(H,10,11)/p-1. The van der Waals surface area contributed by atoms with Gasteiger partial charge in [0.05, 0.1) is 0 Å². The van der Waals surface area contributed by atoms with Gasteiger partial charge in [0.15, 0.2) is 11.5 Å². The van der Waals surface area contributed by atoms with Gasteiger partial charge >= 0.3 is 0 Å². The summed E-state index contributed by atoms with van der Waals surface area (Å²) in [6, 6.07) is 2.29. The van der Waals surface area contributed by atoms with Crippen molar-refractivity contribution in [3.05, 3.63) is 17.7 Å². The SMILES string of the molecule is O=C([O-])Cc1ccc(O)c(O)c1O. The molecule has 0 saturated heterocycles. The van der Waals surface area contributed by atoms with Gasteiger partial charge < -0.3 is 25.2 Å². The lowest BCUT2D eigenvalue weighted by Gasteiger charge is -2.07. The lowest BCUT2D eigenvalue weighted by Crippen LogP contribution is -2.24. The number of benzene rings is 1. The van der Waals surface area contributed by atoms with Crippen molar-refractivity contribution in [2.24, 2.45) is 0 Å². The number of carboxylic acid groups (broad SMARTS) is 1. The topological polar surface area (TPSA) is 101 Å². The van der Waals surface area contributed by atoms with Gasteiger partial charge in [-0.05, 0) is 6.07 Å². The molecule has 3 N–H and O–H groups in total. The number of phenols is 3. The maximum atomic E-state index is 10.2. The van der Waals surface area contributed by atoms with Crippen molar-refractivity contribution in [3.8, 4) is 17.2 Å². The van der Waals surface area contributed by atoms with E-state index in [0.29, 0.717) is 0 Å². The highest BCUT2D eigenvalue weighted by Gasteiger charge is 2.10. The number of carbonyl (C=O) groups excluding carboxylic acids is 1. The minimum atomic E-state index is -1.37. The molecule has 0 fully saturated rings. The van der Waals surface area contributed by atoms with Crippen LogP contribution >= 0.6 is 0 Å². The molecule has 13 heavy (non-hydrogen) atoms. The Bertz CT molecular complexity index is 345. The van der Waals surface area contributed by atoms with Gasteiger partial charge in [-0.25, -0.2) is 0 Å². The van der Waals surface area contributed by atoms with Crippen LogP contribution in [0.4, 0.5) is 0 Å². The van der Waals surface area contributed by atoms with Crippen LogP contribution in [0.2, 0.25) is 0 Å². The molecule has 0 amide bonds. The Kier molecular flexibility index (Phi) is 2.27. The number of rotatable bonds is 2. The van der Waals surface area contributed by atoms with E-state index in [9.17, 15) is 9.90 Å². The second kappa shape index (κ2) is 3.22. The summed E-state index contributed by atoms with van der Waals surface area (Å²) in [5, 5.41) is 37.1. The molecule has 0 aliphatic carbocycles. The molecule has 5 heteroatoms. The molecule has 1 aromatic carbocycles. The van der Waals surface area contributed by atoms with Gasteiger partial charge in [-0.2, -0.15) is 0 Å². The summed E-state index contributed by atoms with van der Waals surface area (Å²) < 4.78 is 0. The number of phenolic OH excluding ortho intramolecular Hbond substituents is 3. The summed E-state index contributed by atoms with van der Waals surface area (Å²) in [6.45, 7) is 0. The molecular weight excluding hydrogens is 176 g/mol. The van der Waals surface area contributed by atoms with Crippen LogP contribution in [0.15, 0.2) is 12.1 Å². The van der Waals surface area contributed by atoms with Crippen molar-refractivity contribution in [2.45, 2.75) is 6.42 Å². The van der Waals surface area contributed by atoms with Crippen LogP contribution in [0.3, 0.4) is 0 Å². The molecule has 0 aromatic heterocycles. The molecule has 0 aliphatic heterocycles. The first kappa shape index (κ1) is 9.18. The van der Waals surface area contributed by atoms with E-state index in [2.05, 4.69) is 0 Å². The van der Waals surface area contributed by atoms with Gasteiger partial charge in [0.1, 0.15) is 0 Å². The van der Waals surface area contributed by atoms with Crippen LogP contribution in [-0.2, 0) is 11.2 Å². The van der Waals surface area contributed by atoms with Gasteiger partial charge in [0.2, 0.25) is 5.75 Å². The van der Waals surface area contributed by atoms with Crippen molar-refractivity contribution in [2.75, 3.05) is 0 Å². The third kappa shape index (κ3) is 1.81. The van der Waals surface area contributed by atoms with Crippen molar-refractivity contribution in [3.63, 3.8) is 0 Å². The summed E-state index contributed by atoms with van der Waals surface area (Å²) in [5.41, 5.74) is -0.00435. The number of carbonyl (C=O) groups is 1. The fraction of sp³-hybridized carbons (Fsp3) is 0.125. The van der Waals surface area contributed by atoms with Crippen LogP contribution in [0.5, 0.6) is 17.2 Å². The Morgan fingerprint density at radius 2 is 1.85 bits per heavy atom. The Morgan fingerprint density at radius 3 is 2.38 bits per heavy atom. The third-order valence-electron chi connectivity index (χ3n) is 1.55. The molecule has 1 rings (SSSR count). The molecule has 0 radical (unpaired) electrons. The Labute approximate surface area is 73.5 Å². The predicted octanol–water partition coefficient (Wildman–Crippen LogP) is -0.904. The largest absolute Gasteiger partial charge is 0.550 e. The Hall–Kier alpha value is -1.91. The number of aliphatic carboxylic acids is 1. The quantitative estimate of drug-likeness (QED) is 0.515. The van der Waals surface area contributed by atoms with Crippen LogP contribution in [-0.4, -0.2) is 21.3 Å². The minimum Gasteiger partial charge on any atom is -0.550 e. The normalized spacial score (nSPS) is 9.85. The lowest BCUT2D eigenvalue weighted by atomic mass is 10.1. The highest BCUT2D eigenvalue weighted by atomic mass is 16.4. The van der Waals surface area contributed by atoms with Crippen LogP contribution in [0.25, 0.3) is 0 Å². The number of aromatic hydroxyl groups is 3. The molecule has 0 unspecified atom stereocenters. The van der Waals surface area contributed by atoms with E-state index < -0.39 is 29.6 Å². The fourth-order valence-corrected chi connectivity index (χ4v) is 0.909. The Balaban J connectivity index is 3.10. The summed E-state index contributed by atoms with van der Waals surface area (Å²) in [6.07, 6.45) is -0.514. The molecule has 0 heterocycles. The average molecular weight is 183 g/mol. The van der Waals surface area contributed by atoms with E-state index in [4.69, 9.17) is 15.3 Å². The van der Waals surface area contributed by atoms with Gasteiger partial charge in [0.25, 0.3) is 0 Å². The smallest absolute Gasteiger partial charge is 0.200 e. The zero-order chi connectivity index (χ0) is 10.0. The average Bonchev–Trinajstić information content (AvgIpc) is 2.06. The van der Waals surface area contributed by atoms with Crippen molar-refractivity contribution >= 4 is 5.97 Å². The predicted molar refractivity (Wildman–Crippen MR) is 40.1 cm³/mol. The number of carboxylic acids is 1. The first-order valence-electron chi connectivity index (χ1n) is 3.45. The minimum absolute atomic E-state index is 0.00435. The molecule has 0 atom stereocenters. The maximum Gasteiger partial charge on any atom is 0.200 e. The first-order valence-corrected chi connectivity index (χ1v) is 3.45. The molecule has 70 valence electrons. The van der Waals surface area contributed by atoms with E-state index in [-0.39, 0.29) is 5.56 Å². The lowest BCUT2D eigenvalue weighted by molar-refractivity contribution is -0.304. The van der Waals surface area contributed by atoms with Gasteiger partial charge in [-0.15, -0.1) is 0 Å². The fourth-order valence-electron chi connectivity index (χ4n) is 0.909. The highest BCUT2D eigenvalue weighted by molar-refractivity contribution is 5.70. The monoisotopic (exact) mass is 183 g/mol. The first-order chi connectivity index (χ1) is 6.02. The van der Waals surface area contributed by atoms with E-state index in [1.54, 1.807) is 0 Å². The van der Waals surface area contributed by atoms with Crippen molar-refractivity contribution < 1.29 is 25.2 Å². The molecule has 0 saturated carbocycles. The Morgan fingerprint density at radius 1 is 1.23 bits per heavy atom. The zero-order valence-electron chi connectivity index (χ0n) is 6.52. The van der Waals surface area contributed by atoms with E-state index >= 15 is 0 Å². The van der Waals surface area contributed by atoms with Gasteiger partial charge in [-0.1, -0.05) is 6.07 Å². The summed E-state index contributed by atoms with van der Waals surface area (Å²) >= 11 is 0. The molecule has 0 aliphatic rings. The second-order valence-electron chi connectivity index (χ2n) is 2.49. The highest BCUT2D eigenvalue weighted by Crippen LogP contribution is 2.36. The molecule has 1 aromatic rings. The summed E-state index contributed by atoms with van der Waals surface area (Å²) in [5.74, 6) is -3.23. The molecule has 5 nitrogen and oxygen atoms in total. The summed E-state index contributed by atoms with van der Waals surface area (Å²) in [7, 11) is 0. The number of hydrogen-bond donors (Lipinski definition) is 3.